The van der Waals surface area contributed by atoms with Crippen LogP contribution in [0.2, 0.25) is 0 Å². The van der Waals surface area contributed by atoms with E-state index in [9.17, 15) is 9.59 Å². The van der Waals surface area contributed by atoms with E-state index in [1.54, 1.807) is 31.4 Å². The summed E-state index contributed by atoms with van der Waals surface area (Å²) in [5.41, 5.74) is 2.31. The molecule has 2 heterocycles. The van der Waals surface area contributed by atoms with Gasteiger partial charge in [0.05, 0.1) is 30.6 Å². The van der Waals surface area contributed by atoms with Crippen LogP contribution < -0.4 is 20.1 Å². The standard InChI is InChI=1S/C20H17N3O5/c1-26-14-5-2-4-12(8-14)17-9-13(23-28-17)10-18(24)21-15-6-3-7-16-20(15)27-11-19(25)22-16/h2-9H,10-11H2,1H3,(H,21,24)(H,22,25). The van der Waals surface area contributed by atoms with Gasteiger partial charge >= 0.3 is 0 Å². The number of rotatable bonds is 5. The zero-order valence-corrected chi connectivity index (χ0v) is 15.0. The molecule has 1 aromatic heterocycles. The summed E-state index contributed by atoms with van der Waals surface area (Å²) in [7, 11) is 1.59. The number of nitrogens with zero attached hydrogens (tertiary/aromatic N) is 1. The zero-order valence-electron chi connectivity index (χ0n) is 15.0. The molecule has 0 spiro atoms. The van der Waals surface area contributed by atoms with Gasteiger partial charge < -0.3 is 24.6 Å². The van der Waals surface area contributed by atoms with Crippen LogP contribution in [-0.4, -0.2) is 30.7 Å². The number of nitrogens with one attached hydrogen (secondary N) is 2. The van der Waals surface area contributed by atoms with E-state index in [0.717, 1.165) is 5.56 Å². The molecular weight excluding hydrogens is 362 g/mol. The second kappa shape index (κ2) is 7.43. The summed E-state index contributed by atoms with van der Waals surface area (Å²) in [4.78, 5) is 23.8. The second-order valence-electron chi connectivity index (χ2n) is 6.16. The molecule has 8 heteroatoms. The van der Waals surface area contributed by atoms with Crippen LogP contribution in [-0.2, 0) is 16.0 Å². The van der Waals surface area contributed by atoms with Crippen molar-refractivity contribution < 1.29 is 23.6 Å². The average Bonchev–Trinajstić information content (AvgIpc) is 3.16. The van der Waals surface area contributed by atoms with Crippen molar-refractivity contribution in [2.45, 2.75) is 6.42 Å². The quantitative estimate of drug-likeness (QED) is 0.707. The number of hydrogen-bond donors (Lipinski definition) is 2. The lowest BCUT2D eigenvalue weighted by Crippen LogP contribution is -2.26. The van der Waals surface area contributed by atoms with Crippen molar-refractivity contribution >= 4 is 23.2 Å². The minimum atomic E-state index is -0.278. The van der Waals surface area contributed by atoms with Crippen molar-refractivity contribution in [3.8, 4) is 22.8 Å². The van der Waals surface area contributed by atoms with Gasteiger partial charge in [-0.1, -0.05) is 23.4 Å². The molecule has 1 aliphatic rings. The molecule has 2 aromatic carbocycles. The summed E-state index contributed by atoms with van der Waals surface area (Å²) >= 11 is 0. The third-order valence-corrected chi connectivity index (χ3v) is 4.17. The molecule has 2 amide bonds. The monoisotopic (exact) mass is 379 g/mol. The molecule has 4 rings (SSSR count). The Morgan fingerprint density at radius 2 is 2.11 bits per heavy atom. The Kier molecular flexibility index (Phi) is 4.67. The van der Waals surface area contributed by atoms with Crippen LogP contribution in [0.3, 0.4) is 0 Å². The molecule has 8 nitrogen and oxygen atoms in total. The number of fused-ring (bicyclic) bond motifs is 1. The first-order chi connectivity index (χ1) is 13.6. The van der Waals surface area contributed by atoms with Crippen LogP contribution >= 0.6 is 0 Å². The van der Waals surface area contributed by atoms with Crippen molar-refractivity contribution in [1.29, 1.82) is 0 Å². The maximum absolute atomic E-state index is 12.4. The predicted molar refractivity (Wildman–Crippen MR) is 101 cm³/mol. The van der Waals surface area contributed by atoms with E-state index in [4.69, 9.17) is 14.0 Å². The lowest BCUT2D eigenvalue weighted by molar-refractivity contribution is -0.118. The minimum Gasteiger partial charge on any atom is -0.497 e. The van der Waals surface area contributed by atoms with Gasteiger partial charge in [0.25, 0.3) is 5.91 Å². The summed E-state index contributed by atoms with van der Waals surface area (Å²) in [6, 6.07) is 14.2. The summed E-state index contributed by atoms with van der Waals surface area (Å²) < 4.78 is 16.0. The van der Waals surface area contributed by atoms with Crippen molar-refractivity contribution in [1.82, 2.24) is 5.16 Å². The molecule has 2 N–H and O–H groups in total. The van der Waals surface area contributed by atoms with Crippen LogP contribution in [0.1, 0.15) is 5.69 Å². The van der Waals surface area contributed by atoms with E-state index < -0.39 is 0 Å². The highest BCUT2D eigenvalue weighted by atomic mass is 16.5. The highest BCUT2D eigenvalue weighted by Gasteiger charge is 2.20. The minimum absolute atomic E-state index is 0.0312. The van der Waals surface area contributed by atoms with Crippen LogP contribution in [0, 0.1) is 0 Å². The second-order valence-corrected chi connectivity index (χ2v) is 6.16. The van der Waals surface area contributed by atoms with Gasteiger partial charge in [0.15, 0.2) is 18.1 Å². The zero-order chi connectivity index (χ0) is 19.5. The van der Waals surface area contributed by atoms with Crippen molar-refractivity contribution in [2.24, 2.45) is 0 Å². The van der Waals surface area contributed by atoms with Gasteiger partial charge in [-0.2, -0.15) is 0 Å². The smallest absolute Gasteiger partial charge is 0.262 e. The van der Waals surface area contributed by atoms with Crippen molar-refractivity contribution in [3.05, 3.63) is 54.2 Å². The molecule has 28 heavy (non-hydrogen) atoms. The van der Waals surface area contributed by atoms with E-state index in [0.29, 0.717) is 34.3 Å². The lowest BCUT2D eigenvalue weighted by atomic mass is 10.1. The summed E-state index contributed by atoms with van der Waals surface area (Å²) in [6.07, 6.45) is 0.0312. The van der Waals surface area contributed by atoms with Crippen LogP contribution in [0.25, 0.3) is 11.3 Å². The highest BCUT2D eigenvalue weighted by Crippen LogP contribution is 2.35. The SMILES string of the molecule is COc1cccc(-c2cc(CC(=O)Nc3cccc4c3OCC(=O)N4)no2)c1. The number of methoxy groups -OCH3 is 1. The number of benzene rings is 2. The number of para-hydroxylation sites is 1. The largest absolute Gasteiger partial charge is 0.497 e. The van der Waals surface area contributed by atoms with E-state index in [2.05, 4.69) is 15.8 Å². The topological polar surface area (TPSA) is 103 Å². The number of hydrogen-bond acceptors (Lipinski definition) is 6. The van der Waals surface area contributed by atoms with Gasteiger partial charge in [0, 0.05) is 11.6 Å². The molecule has 1 aliphatic heterocycles. The summed E-state index contributed by atoms with van der Waals surface area (Å²) in [5, 5.41) is 9.45. The third kappa shape index (κ3) is 3.66. The Morgan fingerprint density at radius 1 is 1.25 bits per heavy atom. The molecule has 0 saturated heterocycles. The van der Waals surface area contributed by atoms with Gasteiger partial charge in [0.2, 0.25) is 5.91 Å². The normalized spacial score (nSPS) is 12.5. The Hall–Kier alpha value is -3.81. The molecule has 142 valence electrons. The van der Waals surface area contributed by atoms with Crippen LogP contribution in [0.4, 0.5) is 11.4 Å². The summed E-state index contributed by atoms with van der Waals surface area (Å²) in [5.74, 6) is 1.18. The Labute approximate surface area is 160 Å². The maximum Gasteiger partial charge on any atom is 0.262 e. The first kappa shape index (κ1) is 17.6. The summed E-state index contributed by atoms with van der Waals surface area (Å²) in [6.45, 7) is -0.0902. The van der Waals surface area contributed by atoms with E-state index in [-0.39, 0.29) is 24.8 Å². The molecular formula is C20H17N3O5. The number of anilines is 2. The first-order valence-corrected chi connectivity index (χ1v) is 8.58. The third-order valence-electron chi connectivity index (χ3n) is 4.17. The van der Waals surface area contributed by atoms with Gasteiger partial charge in [-0.05, 0) is 24.3 Å². The molecule has 0 fully saturated rings. The molecule has 0 radical (unpaired) electrons. The van der Waals surface area contributed by atoms with E-state index in [1.165, 1.54) is 0 Å². The maximum atomic E-state index is 12.4. The Balaban J connectivity index is 1.46. The van der Waals surface area contributed by atoms with E-state index in [1.807, 2.05) is 24.3 Å². The van der Waals surface area contributed by atoms with E-state index >= 15 is 0 Å². The van der Waals surface area contributed by atoms with Crippen LogP contribution in [0.15, 0.2) is 53.1 Å². The molecule has 0 bridgehead atoms. The number of aromatic nitrogens is 1. The first-order valence-electron chi connectivity index (χ1n) is 8.58. The van der Waals surface area contributed by atoms with Crippen molar-refractivity contribution in [3.63, 3.8) is 0 Å². The Bertz CT molecular complexity index is 1040. The fraction of sp³-hybridized carbons (Fsp3) is 0.150. The number of carbonyl (C=O) groups excluding carboxylic acids is 2. The fourth-order valence-electron chi connectivity index (χ4n) is 2.88. The van der Waals surface area contributed by atoms with Crippen molar-refractivity contribution in [2.75, 3.05) is 24.4 Å². The predicted octanol–water partition coefficient (Wildman–Crippen LogP) is 2.86. The molecule has 0 aliphatic carbocycles. The van der Waals surface area contributed by atoms with Gasteiger partial charge in [0.1, 0.15) is 5.75 Å². The van der Waals surface area contributed by atoms with Gasteiger partial charge in [-0.3, -0.25) is 9.59 Å². The highest BCUT2D eigenvalue weighted by molar-refractivity contribution is 6.00. The number of amides is 2. The molecule has 0 unspecified atom stereocenters. The van der Waals surface area contributed by atoms with Crippen LogP contribution in [0.5, 0.6) is 11.5 Å². The Morgan fingerprint density at radius 3 is 2.96 bits per heavy atom. The lowest BCUT2D eigenvalue weighted by Gasteiger charge is -2.20. The number of carbonyl (C=O) groups is 2. The molecule has 3 aromatic rings. The average molecular weight is 379 g/mol. The fourth-order valence-corrected chi connectivity index (χ4v) is 2.88. The molecule has 0 saturated carbocycles. The van der Waals surface area contributed by atoms with Gasteiger partial charge in [-0.15, -0.1) is 0 Å². The van der Waals surface area contributed by atoms with Gasteiger partial charge in [-0.25, -0.2) is 0 Å². The molecule has 0 atom stereocenters. The number of ether oxygens (including phenoxy) is 2.